The number of carbonyl (C=O) groups is 1. The third-order valence-corrected chi connectivity index (χ3v) is 3.88. The minimum Gasteiger partial charge on any atom is -0.355 e. The molecule has 3 N–H and O–H groups in total. The summed E-state index contributed by atoms with van der Waals surface area (Å²) in [7, 11) is -3.51. The van der Waals surface area contributed by atoms with E-state index < -0.39 is 10.0 Å². The zero-order chi connectivity index (χ0) is 12.3. The molecule has 0 radical (unpaired) electrons. The molecule has 0 atom stereocenters. The van der Waals surface area contributed by atoms with Gasteiger partial charge in [0.25, 0.3) is 0 Å². The molecule has 1 aliphatic rings. The first-order valence-corrected chi connectivity index (χ1v) is 6.84. The maximum atomic E-state index is 11.6. The molecule has 0 spiro atoms. The lowest BCUT2D eigenvalue weighted by atomic mass is 10.4. The summed E-state index contributed by atoms with van der Waals surface area (Å²) in [5.74, 6) is 0.146. The van der Waals surface area contributed by atoms with Crippen LogP contribution in [0.3, 0.4) is 0 Å². The van der Waals surface area contributed by atoms with Gasteiger partial charge >= 0.3 is 0 Å². The molecule has 17 heavy (non-hydrogen) atoms. The Hall–Kier alpha value is -1.41. The van der Waals surface area contributed by atoms with Gasteiger partial charge in [-0.15, -0.1) is 0 Å². The minimum atomic E-state index is -3.51. The summed E-state index contributed by atoms with van der Waals surface area (Å²) >= 11 is 0. The van der Waals surface area contributed by atoms with Crippen LogP contribution in [0.4, 0.5) is 0 Å². The molecule has 2 rings (SSSR count). The van der Waals surface area contributed by atoms with Crippen molar-refractivity contribution in [3.8, 4) is 0 Å². The van der Waals surface area contributed by atoms with Gasteiger partial charge in [0.1, 0.15) is 4.90 Å². The molecule has 8 heteroatoms. The van der Waals surface area contributed by atoms with Crippen LogP contribution in [0.5, 0.6) is 0 Å². The average molecular weight is 258 g/mol. The molecule has 1 saturated carbocycles. The summed E-state index contributed by atoms with van der Waals surface area (Å²) < 4.78 is 25.6. The molecule has 1 aromatic rings. The number of nitrogens with zero attached hydrogens (tertiary/aromatic N) is 1. The van der Waals surface area contributed by atoms with E-state index in [1.807, 2.05) is 0 Å². The number of carbonyl (C=O) groups excluding carboxylic acids is 1. The van der Waals surface area contributed by atoms with Gasteiger partial charge in [0.2, 0.25) is 15.9 Å². The van der Waals surface area contributed by atoms with Gasteiger partial charge in [0, 0.05) is 25.2 Å². The molecule has 1 heterocycles. The minimum absolute atomic E-state index is 0.00695. The second-order valence-corrected chi connectivity index (χ2v) is 5.66. The molecule has 0 bridgehead atoms. The van der Waals surface area contributed by atoms with Crippen LogP contribution in [-0.2, 0) is 14.8 Å². The Morgan fingerprint density at radius 1 is 1.47 bits per heavy atom. The van der Waals surface area contributed by atoms with Gasteiger partial charge in [-0.1, -0.05) is 0 Å². The topological polar surface area (TPSA) is 104 Å². The number of H-pyrrole nitrogens is 1. The number of amides is 1. The predicted molar refractivity (Wildman–Crippen MR) is 59.5 cm³/mol. The summed E-state index contributed by atoms with van der Waals surface area (Å²) in [5, 5.41) is 8.66. The third-order valence-electron chi connectivity index (χ3n) is 2.45. The molecular formula is C9H14N4O3S. The van der Waals surface area contributed by atoms with Crippen molar-refractivity contribution in [3.05, 3.63) is 12.4 Å². The highest BCUT2D eigenvalue weighted by Gasteiger charge is 2.29. The highest BCUT2D eigenvalue weighted by molar-refractivity contribution is 7.89. The first-order valence-electron chi connectivity index (χ1n) is 5.36. The molecule has 0 aliphatic heterocycles. The fraction of sp³-hybridized carbons (Fsp3) is 0.556. The van der Waals surface area contributed by atoms with Crippen molar-refractivity contribution in [3.63, 3.8) is 0 Å². The maximum Gasteiger partial charge on any atom is 0.243 e. The van der Waals surface area contributed by atoms with Crippen molar-refractivity contribution in [1.29, 1.82) is 0 Å². The SMILES string of the molecule is O=C(NCCNS(=O)(=O)c1cn[nH]c1)C1CC1. The quantitative estimate of drug-likeness (QED) is 0.582. The molecule has 1 aliphatic carbocycles. The predicted octanol–water partition coefficient (Wildman–Crippen LogP) is -0.786. The van der Waals surface area contributed by atoms with Crippen molar-refractivity contribution in [2.45, 2.75) is 17.7 Å². The lowest BCUT2D eigenvalue weighted by Gasteiger charge is -2.05. The van der Waals surface area contributed by atoms with Gasteiger partial charge in [0.15, 0.2) is 0 Å². The van der Waals surface area contributed by atoms with Gasteiger partial charge < -0.3 is 5.32 Å². The number of sulfonamides is 1. The first-order chi connectivity index (χ1) is 8.09. The van der Waals surface area contributed by atoms with Crippen LogP contribution in [0.1, 0.15) is 12.8 Å². The molecule has 0 saturated heterocycles. The van der Waals surface area contributed by atoms with Crippen molar-refractivity contribution in [2.24, 2.45) is 5.92 Å². The number of rotatable bonds is 6. The molecule has 0 unspecified atom stereocenters. The van der Waals surface area contributed by atoms with Gasteiger partial charge in [0.05, 0.1) is 6.20 Å². The summed E-state index contributed by atoms with van der Waals surface area (Å²) in [6.07, 6.45) is 4.40. The highest BCUT2D eigenvalue weighted by Crippen LogP contribution is 2.28. The molecular weight excluding hydrogens is 244 g/mol. The second kappa shape index (κ2) is 4.84. The van der Waals surface area contributed by atoms with E-state index in [4.69, 9.17) is 0 Å². The third kappa shape index (κ3) is 3.27. The fourth-order valence-electron chi connectivity index (χ4n) is 1.33. The Labute approximate surface area is 99.0 Å². The van der Waals surface area contributed by atoms with E-state index in [1.54, 1.807) is 0 Å². The summed E-state index contributed by atoms with van der Waals surface area (Å²) in [6, 6.07) is 0. The van der Waals surface area contributed by atoms with Crippen molar-refractivity contribution >= 4 is 15.9 Å². The van der Waals surface area contributed by atoms with E-state index in [1.165, 1.54) is 12.4 Å². The summed E-state index contributed by atoms with van der Waals surface area (Å²) in [5.41, 5.74) is 0. The number of aromatic nitrogens is 2. The standard InChI is InChI=1S/C9H14N4O3S/c14-9(7-1-2-7)10-3-4-13-17(15,16)8-5-11-12-6-8/h5-7,13H,1-4H2,(H,10,14)(H,11,12). The van der Waals surface area contributed by atoms with Crippen LogP contribution in [0.2, 0.25) is 0 Å². The van der Waals surface area contributed by atoms with E-state index in [9.17, 15) is 13.2 Å². The fourth-order valence-corrected chi connectivity index (χ4v) is 2.27. The Bertz CT molecular complexity index is 478. The Morgan fingerprint density at radius 2 is 2.24 bits per heavy atom. The van der Waals surface area contributed by atoms with Gasteiger partial charge in [-0.2, -0.15) is 5.10 Å². The van der Waals surface area contributed by atoms with Crippen molar-refractivity contribution in [1.82, 2.24) is 20.2 Å². The molecule has 1 amide bonds. The van der Waals surface area contributed by atoms with Gasteiger partial charge in [-0.3, -0.25) is 9.89 Å². The van der Waals surface area contributed by atoms with Crippen LogP contribution in [0.25, 0.3) is 0 Å². The monoisotopic (exact) mass is 258 g/mol. The Morgan fingerprint density at radius 3 is 2.82 bits per heavy atom. The molecule has 0 aromatic carbocycles. The van der Waals surface area contributed by atoms with E-state index in [0.717, 1.165) is 12.8 Å². The van der Waals surface area contributed by atoms with Crippen LogP contribution in [-0.4, -0.2) is 37.6 Å². The normalized spacial score (nSPS) is 15.8. The van der Waals surface area contributed by atoms with Gasteiger partial charge in [-0.05, 0) is 12.8 Å². The summed E-state index contributed by atoms with van der Waals surface area (Å²) in [6.45, 7) is 0.471. The lowest BCUT2D eigenvalue weighted by molar-refractivity contribution is -0.122. The number of hydrogen-bond donors (Lipinski definition) is 3. The van der Waals surface area contributed by atoms with E-state index in [0.29, 0.717) is 6.54 Å². The van der Waals surface area contributed by atoms with Crippen molar-refractivity contribution in [2.75, 3.05) is 13.1 Å². The molecule has 7 nitrogen and oxygen atoms in total. The molecule has 94 valence electrons. The number of aromatic amines is 1. The van der Waals surface area contributed by atoms with E-state index in [-0.39, 0.29) is 23.3 Å². The smallest absolute Gasteiger partial charge is 0.243 e. The maximum absolute atomic E-state index is 11.6. The van der Waals surface area contributed by atoms with Gasteiger partial charge in [-0.25, -0.2) is 13.1 Å². The largest absolute Gasteiger partial charge is 0.355 e. The van der Waals surface area contributed by atoms with Crippen LogP contribution < -0.4 is 10.0 Å². The van der Waals surface area contributed by atoms with Crippen LogP contribution in [0.15, 0.2) is 17.3 Å². The Kier molecular flexibility index (Phi) is 3.43. The zero-order valence-electron chi connectivity index (χ0n) is 9.14. The van der Waals surface area contributed by atoms with Crippen LogP contribution in [0, 0.1) is 5.92 Å². The average Bonchev–Trinajstić information content (AvgIpc) is 2.99. The lowest BCUT2D eigenvalue weighted by Crippen LogP contribution is -2.35. The highest BCUT2D eigenvalue weighted by atomic mass is 32.2. The van der Waals surface area contributed by atoms with E-state index in [2.05, 4.69) is 20.2 Å². The summed E-state index contributed by atoms with van der Waals surface area (Å²) in [4.78, 5) is 11.3. The second-order valence-electron chi connectivity index (χ2n) is 3.90. The molecule has 1 aromatic heterocycles. The van der Waals surface area contributed by atoms with Crippen LogP contribution >= 0.6 is 0 Å². The zero-order valence-corrected chi connectivity index (χ0v) is 9.96. The Balaban J connectivity index is 1.72. The first kappa shape index (κ1) is 12.1. The van der Waals surface area contributed by atoms with E-state index >= 15 is 0 Å². The number of nitrogens with one attached hydrogen (secondary N) is 3. The molecule has 1 fully saturated rings. The van der Waals surface area contributed by atoms with Crippen molar-refractivity contribution < 1.29 is 13.2 Å². The number of hydrogen-bond acceptors (Lipinski definition) is 4.